The SMILES string of the molecule is CC1CC1CN(C)C(CN)CC(C)(C)C. The number of hydrogen-bond acceptors (Lipinski definition) is 2. The van der Waals surface area contributed by atoms with Crippen molar-refractivity contribution in [1.82, 2.24) is 4.90 Å². The van der Waals surface area contributed by atoms with Gasteiger partial charge in [-0.15, -0.1) is 0 Å². The van der Waals surface area contributed by atoms with Gasteiger partial charge in [-0.05, 0) is 37.1 Å². The van der Waals surface area contributed by atoms with E-state index in [0.717, 1.165) is 18.4 Å². The number of likely N-dealkylation sites (N-methyl/N-ethyl adjacent to an activating group) is 1. The Morgan fingerprint density at radius 1 is 1.40 bits per heavy atom. The van der Waals surface area contributed by atoms with Gasteiger partial charge in [-0.25, -0.2) is 0 Å². The highest BCUT2D eigenvalue weighted by Crippen LogP contribution is 2.38. The summed E-state index contributed by atoms with van der Waals surface area (Å²) in [6.45, 7) is 11.3. The molecule has 15 heavy (non-hydrogen) atoms. The standard InChI is InChI=1S/C13H28N2/c1-10-6-11(10)9-15(5)12(8-14)7-13(2,3)4/h10-12H,6-9,14H2,1-5H3. The summed E-state index contributed by atoms with van der Waals surface area (Å²) in [7, 11) is 2.23. The second-order valence-corrected chi connectivity index (χ2v) is 6.57. The number of hydrogen-bond donors (Lipinski definition) is 1. The molecule has 1 aliphatic carbocycles. The highest BCUT2D eigenvalue weighted by atomic mass is 15.1. The molecule has 0 aliphatic heterocycles. The van der Waals surface area contributed by atoms with Crippen molar-refractivity contribution in [3.05, 3.63) is 0 Å². The van der Waals surface area contributed by atoms with Gasteiger partial charge in [0.2, 0.25) is 0 Å². The van der Waals surface area contributed by atoms with Gasteiger partial charge in [0.1, 0.15) is 0 Å². The lowest BCUT2D eigenvalue weighted by molar-refractivity contribution is 0.176. The van der Waals surface area contributed by atoms with Crippen molar-refractivity contribution in [1.29, 1.82) is 0 Å². The minimum atomic E-state index is 0.382. The van der Waals surface area contributed by atoms with Crippen LogP contribution in [0.15, 0.2) is 0 Å². The van der Waals surface area contributed by atoms with Crippen molar-refractivity contribution in [3.8, 4) is 0 Å². The Labute approximate surface area is 95.2 Å². The van der Waals surface area contributed by atoms with Gasteiger partial charge in [0.25, 0.3) is 0 Å². The van der Waals surface area contributed by atoms with Crippen LogP contribution < -0.4 is 5.73 Å². The maximum absolute atomic E-state index is 5.87. The molecule has 1 aliphatic rings. The van der Waals surface area contributed by atoms with E-state index in [9.17, 15) is 0 Å². The molecule has 0 spiro atoms. The highest BCUT2D eigenvalue weighted by Gasteiger charge is 2.34. The van der Waals surface area contributed by atoms with E-state index >= 15 is 0 Å². The van der Waals surface area contributed by atoms with Crippen LogP contribution in [-0.2, 0) is 0 Å². The Kier molecular flexibility index (Phi) is 4.19. The second-order valence-electron chi connectivity index (χ2n) is 6.57. The number of nitrogens with two attached hydrogens (primary N) is 1. The Morgan fingerprint density at radius 2 is 1.93 bits per heavy atom. The topological polar surface area (TPSA) is 29.3 Å². The molecule has 1 rings (SSSR count). The monoisotopic (exact) mass is 212 g/mol. The van der Waals surface area contributed by atoms with E-state index in [0.29, 0.717) is 11.5 Å². The molecule has 3 unspecified atom stereocenters. The number of nitrogens with zero attached hydrogens (tertiary/aromatic N) is 1. The van der Waals surface area contributed by atoms with Crippen LogP contribution >= 0.6 is 0 Å². The summed E-state index contributed by atoms with van der Waals surface area (Å²) in [6.07, 6.45) is 2.61. The van der Waals surface area contributed by atoms with Gasteiger partial charge in [-0.1, -0.05) is 27.7 Å². The molecule has 2 N–H and O–H groups in total. The lowest BCUT2D eigenvalue weighted by Crippen LogP contribution is -2.41. The molecule has 2 heteroatoms. The molecule has 0 aromatic carbocycles. The van der Waals surface area contributed by atoms with E-state index in [1.165, 1.54) is 19.4 Å². The average Bonchev–Trinajstić information content (AvgIpc) is 2.75. The van der Waals surface area contributed by atoms with Gasteiger partial charge in [-0.3, -0.25) is 0 Å². The first-order valence-corrected chi connectivity index (χ1v) is 6.24. The van der Waals surface area contributed by atoms with Crippen LogP contribution in [0.25, 0.3) is 0 Å². The van der Waals surface area contributed by atoms with Gasteiger partial charge in [0.15, 0.2) is 0 Å². The van der Waals surface area contributed by atoms with Gasteiger partial charge < -0.3 is 10.6 Å². The van der Waals surface area contributed by atoms with Crippen molar-refractivity contribution < 1.29 is 0 Å². The zero-order chi connectivity index (χ0) is 11.6. The Morgan fingerprint density at radius 3 is 2.27 bits per heavy atom. The molecular formula is C13H28N2. The van der Waals surface area contributed by atoms with E-state index in [2.05, 4.69) is 39.6 Å². The molecule has 3 atom stereocenters. The summed E-state index contributed by atoms with van der Waals surface area (Å²) in [5.41, 5.74) is 6.25. The van der Waals surface area contributed by atoms with Gasteiger partial charge in [0.05, 0.1) is 0 Å². The maximum Gasteiger partial charge on any atom is 0.0220 e. The third kappa shape index (κ3) is 4.52. The Hall–Kier alpha value is -0.0800. The average molecular weight is 212 g/mol. The van der Waals surface area contributed by atoms with Crippen LogP contribution in [0, 0.1) is 17.3 Å². The minimum Gasteiger partial charge on any atom is -0.329 e. The summed E-state index contributed by atoms with van der Waals surface area (Å²) < 4.78 is 0. The minimum absolute atomic E-state index is 0.382. The predicted molar refractivity (Wildman–Crippen MR) is 66.8 cm³/mol. The molecule has 0 saturated heterocycles. The molecule has 0 amide bonds. The van der Waals surface area contributed by atoms with E-state index in [4.69, 9.17) is 5.73 Å². The molecule has 0 heterocycles. The summed E-state index contributed by atoms with van der Waals surface area (Å²) in [4.78, 5) is 2.47. The zero-order valence-electron chi connectivity index (χ0n) is 11.1. The van der Waals surface area contributed by atoms with Gasteiger partial charge >= 0.3 is 0 Å². The zero-order valence-corrected chi connectivity index (χ0v) is 11.1. The first kappa shape index (κ1) is 13.0. The predicted octanol–water partition coefficient (Wildman–Crippen LogP) is 2.34. The summed E-state index contributed by atoms with van der Waals surface area (Å²) in [5, 5.41) is 0. The fourth-order valence-corrected chi connectivity index (χ4v) is 2.30. The fraction of sp³-hybridized carbons (Fsp3) is 1.00. The summed E-state index contributed by atoms with van der Waals surface area (Å²) >= 11 is 0. The molecule has 0 aromatic rings. The second kappa shape index (κ2) is 4.84. The molecular weight excluding hydrogens is 184 g/mol. The van der Waals surface area contributed by atoms with Crippen LogP contribution in [0.1, 0.15) is 40.5 Å². The van der Waals surface area contributed by atoms with Crippen molar-refractivity contribution >= 4 is 0 Å². The molecule has 2 nitrogen and oxygen atoms in total. The molecule has 90 valence electrons. The highest BCUT2D eigenvalue weighted by molar-refractivity contribution is 4.87. The van der Waals surface area contributed by atoms with Gasteiger partial charge in [-0.2, -0.15) is 0 Å². The van der Waals surface area contributed by atoms with Crippen LogP contribution in [0.4, 0.5) is 0 Å². The first-order chi connectivity index (χ1) is 6.83. The van der Waals surface area contributed by atoms with Crippen LogP contribution in [-0.4, -0.2) is 31.1 Å². The van der Waals surface area contributed by atoms with Crippen LogP contribution in [0.3, 0.4) is 0 Å². The van der Waals surface area contributed by atoms with Crippen molar-refractivity contribution in [2.75, 3.05) is 20.1 Å². The van der Waals surface area contributed by atoms with Crippen molar-refractivity contribution in [2.24, 2.45) is 23.0 Å². The molecule has 1 saturated carbocycles. The molecule has 0 aromatic heterocycles. The van der Waals surface area contributed by atoms with Crippen molar-refractivity contribution in [2.45, 2.75) is 46.6 Å². The molecule has 0 bridgehead atoms. The van der Waals surface area contributed by atoms with E-state index in [1.807, 2.05) is 0 Å². The van der Waals surface area contributed by atoms with Crippen LogP contribution in [0.2, 0.25) is 0 Å². The third-order valence-corrected chi connectivity index (χ3v) is 3.54. The summed E-state index contributed by atoms with van der Waals surface area (Å²) in [5.74, 6) is 1.88. The van der Waals surface area contributed by atoms with E-state index in [1.54, 1.807) is 0 Å². The Balaban J connectivity index is 2.36. The third-order valence-electron chi connectivity index (χ3n) is 3.54. The van der Waals surface area contributed by atoms with Crippen LogP contribution in [0.5, 0.6) is 0 Å². The van der Waals surface area contributed by atoms with Crippen molar-refractivity contribution in [3.63, 3.8) is 0 Å². The molecule has 0 radical (unpaired) electrons. The van der Waals surface area contributed by atoms with Gasteiger partial charge in [0, 0.05) is 19.1 Å². The van der Waals surface area contributed by atoms with E-state index < -0.39 is 0 Å². The summed E-state index contributed by atoms with van der Waals surface area (Å²) in [6, 6.07) is 0.554. The lowest BCUT2D eigenvalue weighted by atomic mass is 9.87. The smallest absolute Gasteiger partial charge is 0.0220 e. The number of rotatable bonds is 5. The normalized spacial score (nSPS) is 28.2. The largest absolute Gasteiger partial charge is 0.329 e. The lowest BCUT2D eigenvalue weighted by Gasteiger charge is -2.32. The quantitative estimate of drug-likeness (QED) is 0.758. The van der Waals surface area contributed by atoms with E-state index in [-0.39, 0.29) is 0 Å². The Bertz CT molecular complexity index is 195. The maximum atomic E-state index is 5.87. The fourth-order valence-electron chi connectivity index (χ4n) is 2.30. The first-order valence-electron chi connectivity index (χ1n) is 6.24. The molecule has 1 fully saturated rings.